The first kappa shape index (κ1) is 33.1. The normalized spacial score (nSPS) is 14.1. The standard InChI is InChI=1S/C56H39N/c1-3-13-40(14-4-1)54-31-32-55(41-15-5-2-6-16-41)57(54)51-29-27-42(28-30-51)56-52-36-47(45-21-19-38-11-7-9-17-43(38)33-45)23-25-49(52)35-50-26-24-48(37-53(50)56)46-22-20-39-12-8-10-18-44(39)34-46/h1-31,33-37,55H,32H2. The summed E-state index contributed by atoms with van der Waals surface area (Å²) < 4.78 is 0. The van der Waals surface area contributed by atoms with Crippen LogP contribution in [0.3, 0.4) is 0 Å². The molecule has 0 fully saturated rings. The third kappa shape index (κ3) is 5.96. The van der Waals surface area contributed by atoms with Crippen LogP contribution in [0.15, 0.2) is 218 Å². The molecule has 1 heteroatoms. The number of nitrogens with zero attached hydrogens (tertiary/aromatic N) is 1. The SMILES string of the molecule is C1=C(c2ccccc2)N(c2ccc(-c3c4cc(-c5ccc6ccccc6c5)ccc4cc4ccc(-c5ccc6ccccc6c5)cc34)cc2)C(c2ccccc2)C1. The van der Waals surface area contributed by atoms with Gasteiger partial charge in [0.25, 0.3) is 0 Å². The number of hydrogen-bond donors (Lipinski definition) is 0. The van der Waals surface area contributed by atoms with E-state index in [1.165, 1.54) is 99.0 Å². The third-order valence-electron chi connectivity index (χ3n) is 11.9. The number of fused-ring (bicyclic) bond motifs is 4. The van der Waals surface area contributed by atoms with E-state index in [1.54, 1.807) is 0 Å². The largest absolute Gasteiger partial charge is 0.333 e. The van der Waals surface area contributed by atoms with E-state index in [2.05, 4.69) is 223 Å². The molecule has 0 aromatic heterocycles. The summed E-state index contributed by atoms with van der Waals surface area (Å²) in [5.41, 5.74) is 12.4. The van der Waals surface area contributed by atoms with Crippen molar-refractivity contribution in [2.75, 3.05) is 4.90 Å². The van der Waals surface area contributed by atoms with Crippen molar-refractivity contribution in [2.45, 2.75) is 12.5 Å². The minimum atomic E-state index is 0.222. The fourth-order valence-electron chi connectivity index (χ4n) is 9.05. The van der Waals surface area contributed by atoms with Gasteiger partial charge in [-0.15, -0.1) is 0 Å². The van der Waals surface area contributed by atoms with Crippen molar-refractivity contribution < 1.29 is 0 Å². The molecule has 0 saturated heterocycles. The van der Waals surface area contributed by atoms with Crippen LogP contribution < -0.4 is 4.90 Å². The molecule has 0 amide bonds. The van der Waals surface area contributed by atoms with Gasteiger partial charge in [-0.1, -0.05) is 176 Å². The van der Waals surface area contributed by atoms with E-state index >= 15 is 0 Å². The Hall–Kier alpha value is -7.22. The van der Waals surface area contributed by atoms with Gasteiger partial charge < -0.3 is 4.90 Å². The van der Waals surface area contributed by atoms with Gasteiger partial charge in [0.2, 0.25) is 0 Å². The topological polar surface area (TPSA) is 3.24 Å². The summed E-state index contributed by atoms with van der Waals surface area (Å²) in [6.45, 7) is 0. The van der Waals surface area contributed by atoms with Gasteiger partial charge >= 0.3 is 0 Å². The predicted octanol–water partition coefficient (Wildman–Crippen LogP) is 15.3. The van der Waals surface area contributed by atoms with Gasteiger partial charge in [0.1, 0.15) is 0 Å². The Bertz CT molecular complexity index is 3000. The summed E-state index contributed by atoms with van der Waals surface area (Å²) in [5, 5.41) is 10.0. The number of hydrogen-bond acceptors (Lipinski definition) is 1. The van der Waals surface area contributed by atoms with Gasteiger partial charge in [0, 0.05) is 11.4 Å². The number of anilines is 1. The summed E-state index contributed by atoms with van der Waals surface area (Å²) in [5.74, 6) is 0. The highest BCUT2D eigenvalue weighted by Crippen LogP contribution is 2.45. The molecule has 1 aliphatic heterocycles. The molecule has 11 rings (SSSR count). The lowest BCUT2D eigenvalue weighted by Gasteiger charge is -2.31. The average Bonchev–Trinajstić information content (AvgIpc) is 3.74. The lowest BCUT2D eigenvalue weighted by molar-refractivity contribution is 0.749. The van der Waals surface area contributed by atoms with Crippen molar-refractivity contribution in [3.63, 3.8) is 0 Å². The zero-order valence-electron chi connectivity index (χ0n) is 31.5. The minimum absolute atomic E-state index is 0.222. The molecule has 0 aliphatic carbocycles. The second-order valence-electron chi connectivity index (χ2n) is 15.3. The Morgan fingerprint density at radius 1 is 0.333 bits per heavy atom. The molecule has 0 bridgehead atoms. The van der Waals surface area contributed by atoms with Crippen LogP contribution in [-0.2, 0) is 0 Å². The lowest BCUT2D eigenvalue weighted by Crippen LogP contribution is -2.22. The molecular weight excluding hydrogens is 687 g/mol. The number of benzene rings is 10. The van der Waals surface area contributed by atoms with Crippen LogP contribution >= 0.6 is 0 Å². The van der Waals surface area contributed by atoms with E-state index in [1.807, 2.05) is 0 Å². The molecule has 1 heterocycles. The van der Waals surface area contributed by atoms with Crippen LogP contribution in [0.5, 0.6) is 0 Å². The predicted molar refractivity (Wildman–Crippen MR) is 243 cm³/mol. The van der Waals surface area contributed by atoms with Crippen molar-refractivity contribution in [2.24, 2.45) is 0 Å². The summed E-state index contributed by atoms with van der Waals surface area (Å²) in [4.78, 5) is 2.53. The molecule has 0 spiro atoms. The first-order valence-corrected chi connectivity index (χ1v) is 19.9. The zero-order chi connectivity index (χ0) is 37.7. The fraction of sp³-hybridized carbons (Fsp3) is 0.0357. The Kier molecular flexibility index (Phi) is 8.03. The lowest BCUT2D eigenvalue weighted by atomic mass is 9.88. The fourth-order valence-corrected chi connectivity index (χ4v) is 9.05. The van der Waals surface area contributed by atoms with Crippen LogP contribution in [0.2, 0.25) is 0 Å². The van der Waals surface area contributed by atoms with Gasteiger partial charge in [-0.25, -0.2) is 0 Å². The Morgan fingerprint density at radius 3 is 1.35 bits per heavy atom. The Labute approximate surface area is 333 Å². The van der Waals surface area contributed by atoms with Crippen molar-refractivity contribution in [3.05, 3.63) is 230 Å². The molecule has 10 aromatic carbocycles. The zero-order valence-corrected chi connectivity index (χ0v) is 31.5. The van der Waals surface area contributed by atoms with Crippen molar-refractivity contribution in [1.82, 2.24) is 0 Å². The van der Waals surface area contributed by atoms with Gasteiger partial charge in [-0.05, 0) is 136 Å². The van der Waals surface area contributed by atoms with Crippen LogP contribution in [0.4, 0.5) is 5.69 Å². The van der Waals surface area contributed by atoms with Crippen LogP contribution in [0.25, 0.3) is 82.2 Å². The smallest absolute Gasteiger partial charge is 0.0626 e. The summed E-state index contributed by atoms with van der Waals surface area (Å²) >= 11 is 0. The molecule has 1 nitrogen and oxygen atoms in total. The maximum atomic E-state index is 2.53. The summed E-state index contributed by atoms with van der Waals surface area (Å²) in [7, 11) is 0. The highest BCUT2D eigenvalue weighted by molar-refractivity contribution is 6.14. The highest BCUT2D eigenvalue weighted by Gasteiger charge is 2.29. The first-order valence-electron chi connectivity index (χ1n) is 19.9. The summed E-state index contributed by atoms with van der Waals surface area (Å²) in [6.07, 6.45) is 3.36. The molecule has 268 valence electrons. The monoisotopic (exact) mass is 725 g/mol. The Morgan fingerprint density at radius 2 is 0.789 bits per heavy atom. The molecule has 1 atom stereocenters. The van der Waals surface area contributed by atoms with Crippen LogP contribution in [0.1, 0.15) is 23.6 Å². The quantitative estimate of drug-likeness (QED) is 0.154. The van der Waals surface area contributed by atoms with E-state index in [-0.39, 0.29) is 6.04 Å². The van der Waals surface area contributed by atoms with E-state index < -0.39 is 0 Å². The van der Waals surface area contributed by atoms with Gasteiger partial charge in [-0.2, -0.15) is 0 Å². The molecular formula is C56H39N. The van der Waals surface area contributed by atoms with E-state index in [0.717, 1.165) is 6.42 Å². The van der Waals surface area contributed by atoms with E-state index in [9.17, 15) is 0 Å². The third-order valence-corrected chi connectivity index (χ3v) is 11.9. The van der Waals surface area contributed by atoms with Crippen LogP contribution in [0, 0.1) is 0 Å². The van der Waals surface area contributed by atoms with E-state index in [4.69, 9.17) is 0 Å². The average molecular weight is 726 g/mol. The maximum absolute atomic E-state index is 2.53. The second kappa shape index (κ2) is 13.8. The minimum Gasteiger partial charge on any atom is -0.333 e. The molecule has 0 N–H and O–H groups in total. The van der Waals surface area contributed by atoms with Crippen molar-refractivity contribution in [3.8, 4) is 33.4 Å². The Balaban J connectivity index is 1.09. The molecule has 10 aromatic rings. The summed E-state index contributed by atoms with van der Waals surface area (Å²) in [6, 6.07) is 78.6. The molecule has 1 unspecified atom stereocenters. The van der Waals surface area contributed by atoms with Gasteiger partial charge in [0.05, 0.1) is 6.04 Å². The first-order chi connectivity index (χ1) is 28.2. The van der Waals surface area contributed by atoms with Crippen molar-refractivity contribution in [1.29, 1.82) is 0 Å². The van der Waals surface area contributed by atoms with Crippen molar-refractivity contribution >= 4 is 54.5 Å². The van der Waals surface area contributed by atoms with Crippen LogP contribution in [-0.4, -0.2) is 0 Å². The number of rotatable bonds is 6. The maximum Gasteiger partial charge on any atom is 0.0626 e. The molecule has 0 radical (unpaired) electrons. The van der Waals surface area contributed by atoms with Gasteiger partial charge in [0.15, 0.2) is 0 Å². The molecule has 0 saturated carbocycles. The highest BCUT2D eigenvalue weighted by atomic mass is 15.2. The van der Waals surface area contributed by atoms with Gasteiger partial charge in [-0.3, -0.25) is 0 Å². The molecule has 57 heavy (non-hydrogen) atoms. The molecule has 1 aliphatic rings. The van der Waals surface area contributed by atoms with E-state index in [0.29, 0.717) is 0 Å². The second-order valence-corrected chi connectivity index (χ2v) is 15.3.